The van der Waals surface area contributed by atoms with Gasteiger partial charge in [-0.15, -0.1) is 34.9 Å². The fourth-order valence-electron chi connectivity index (χ4n) is 7.76. The quantitative estimate of drug-likeness (QED) is 0.0340. The summed E-state index contributed by atoms with van der Waals surface area (Å²) < 4.78 is 8.08. The van der Waals surface area contributed by atoms with Crippen LogP contribution < -0.4 is 11.1 Å². The van der Waals surface area contributed by atoms with Crippen molar-refractivity contribution in [2.24, 2.45) is 12.2 Å². The number of nitrogens with two attached hydrogens (primary N) is 1. The van der Waals surface area contributed by atoms with Crippen LogP contribution in [0.25, 0.3) is 0 Å². The van der Waals surface area contributed by atoms with Crippen LogP contribution in [-0.4, -0.2) is 60.3 Å². The van der Waals surface area contributed by atoms with Crippen LogP contribution in [0.3, 0.4) is 0 Å². The molecule has 2 atom stereocenters. The lowest BCUT2D eigenvalue weighted by Gasteiger charge is -2.49. The predicted molar refractivity (Wildman–Crippen MR) is 251 cm³/mol. The van der Waals surface area contributed by atoms with E-state index in [9.17, 15) is 14.4 Å². The topological polar surface area (TPSA) is 154 Å². The summed E-state index contributed by atoms with van der Waals surface area (Å²) in [5, 5.41) is 13.0. The normalized spacial score (nSPS) is 16.2. The molecule has 64 heavy (non-hydrogen) atoms. The van der Waals surface area contributed by atoms with Crippen molar-refractivity contribution in [1.82, 2.24) is 25.0 Å². The Kier molecular flexibility index (Phi) is 12.4. The number of rotatable bonds is 15. The average Bonchev–Trinajstić information content (AvgIpc) is 3.98. The minimum Gasteiger partial charge on any atom is -0.448 e. The number of carbonyl (C=O) groups is 3. The summed E-state index contributed by atoms with van der Waals surface area (Å²) in [5.41, 5.74) is 9.76. The molecule has 5 aromatic carbocycles. The molecule has 15 heteroatoms. The number of thiazole rings is 1. The number of aromatic nitrogens is 3. The zero-order valence-corrected chi connectivity index (χ0v) is 36.8. The van der Waals surface area contributed by atoms with Crippen LogP contribution >= 0.6 is 34.9 Å². The number of thioether (sulfide) groups is 2. The molecule has 0 unspecified atom stereocenters. The fourth-order valence-corrected chi connectivity index (χ4v) is 10.8. The van der Waals surface area contributed by atoms with E-state index >= 15 is 0 Å². The van der Waals surface area contributed by atoms with Gasteiger partial charge in [0.1, 0.15) is 22.8 Å². The van der Waals surface area contributed by atoms with E-state index < -0.39 is 40.9 Å². The molecule has 1 fully saturated rings. The van der Waals surface area contributed by atoms with Crippen molar-refractivity contribution in [3.8, 4) is 0 Å². The first-order chi connectivity index (χ1) is 31.3. The highest BCUT2D eigenvalue weighted by molar-refractivity contribution is 8.05. The van der Waals surface area contributed by atoms with Gasteiger partial charge in [0.25, 0.3) is 11.8 Å². The lowest BCUT2D eigenvalue weighted by atomic mass is 9.80. The van der Waals surface area contributed by atoms with Crippen molar-refractivity contribution < 1.29 is 24.0 Å². The first-order valence-corrected chi connectivity index (χ1v) is 23.3. The van der Waals surface area contributed by atoms with E-state index in [0.717, 1.165) is 44.7 Å². The molecule has 0 saturated carbocycles. The van der Waals surface area contributed by atoms with Crippen LogP contribution in [0.5, 0.6) is 0 Å². The van der Waals surface area contributed by atoms with Crippen molar-refractivity contribution in [1.29, 1.82) is 0 Å². The Hall–Kier alpha value is -6.94. The second-order valence-electron chi connectivity index (χ2n) is 14.9. The molecule has 0 radical (unpaired) electrons. The number of aryl methyl sites for hydroxylation is 1. The number of anilines is 1. The van der Waals surface area contributed by atoms with Gasteiger partial charge in [-0.1, -0.05) is 157 Å². The Balaban J connectivity index is 1.04. The highest BCUT2D eigenvalue weighted by atomic mass is 32.2. The second kappa shape index (κ2) is 18.8. The number of fused-ring (bicyclic) bond motifs is 1. The van der Waals surface area contributed by atoms with Crippen molar-refractivity contribution in [2.45, 2.75) is 28.9 Å². The first-order valence-electron chi connectivity index (χ1n) is 20.3. The lowest BCUT2D eigenvalue weighted by molar-refractivity contribution is -0.154. The van der Waals surface area contributed by atoms with Crippen molar-refractivity contribution in [2.75, 3.05) is 11.5 Å². The van der Waals surface area contributed by atoms with Gasteiger partial charge in [0.05, 0.1) is 6.20 Å². The first kappa shape index (κ1) is 42.4. The standard InChI is InChI=1S/C49H41N7O5S3/c1-55-28-32(27-51-55)29-62-39-31-63-46-41(45(58)56(46)42(39)47(59)60-43(33-17-7-2-8-18-33)34-19-9-3-10-20-34)53-44(57)40(38-30-64-48(50)52-38)54-61-49(35-21-11-4-12-22-35,36-23-13-5-14-24-36)37-25-15-6-16-26-37/h2-28,30,41,43,46H,29,31H2,1H3,(H2,50,52)(H,53,57)/b54-40+/t41-,46-/m1/s1. The summed E-state index contributed by atoms with van der Waals surface area (Å²) in [5.74, 6) is -0.926. The molecule has 0 bridgehead atoms. The van der Waals surface area contributed by atoms with E-state index in [1.807, 2.05) is 165 Å². The zero-order valence-electron chi connectivity index (χ0n) is 34.4. The Bertz CT molecular complexity index is 2690. The highest BCUT2D eigenvalue weighted by Gasteiger charge is 2.55. The average molecular weight is 904 g/mol. The molecule has 2 aliphatic heterocycles. The van der Waals surface area contributed by atoms with Gasteiger partial charge in [-0.2, -0.15) is 5.10 Å². The van der Waals surface area contributed by atoms with Gasteiger partial charge in [-0.05, 0) is 11.1 Å². The fraction of sp³-hybridized carbons (Fsp3) is 0.143. The van der Waals surface area contributed by atoms with Crippen molar-refractivity contribution >= 4 is 63.5 Å². The summed E-state index contributed by atoms with van der Waals surface area (Å²) in [6, 6.07) is 46.9. The summed E-state index contributed by atoms with van der Waals surface area (Å²) in [4.78, 5) is 56.9. The van der Waals surface area contributed by atoms with Gasteiger partial charge in [0.2, 0.25) is 5.60 Å². The monoisotopic (exact) mass is 903 g/mol. The maximum Gasteiger partial charge on any atom is 0.356 e. The van der Waals surface area contributed by atoms with Gasteiger partial charge < -0.3 is 20.6 Å². The zero-order chi connectivity index (χ0) is 44.0. The van der Waals surface area contributed by atoms with Crippen molar-refractivity contribution in [3.63, 3.8) is 0 Å². The summed E-state index contributed by atoms with van der Waals surface area (Å²) in [6.07, 6.45) is 2.94. The molecule has 7 aromatic rings. The van der Waals surface area contributed by atoms with E-state index in [1.54, 1.807) is 16.3 Å². The number of hydrogen-bond donors (Lipinski definition) is 2. The van der Waals surface area contributed by atoms with Gasteiger partial charge in [0, 0.05) is 57.3 Å². The molecule has 1 saturated heterocycles. The molecule has 2 aliphatic rings. The van der Waals surface area contributed by atoms with E-state index in [4.69, 9.17) is 15.3 Å². The number of amides is 2. The maximum absolute atomic E-state index is 14.6. The molecular weight excluding hydrogens is 863 g/mol. The number of benzene rings is 5. The van der Waals surface area contributed by atoms with Crippen LogP contribution in [0.1, 0.15) is 45.2 Å². The third-order valence-electron chi connectivity index (χ3n) is 10.8. The van der Waals surface area contributed by atoms with Crippen LogP contribution in [0, 0.1) is 0 Å². The van der Waals surface area contributed by atoms with Crippen LogP contribution in [0.4, 0.5) is 5.13 Å². The minimum atomic E-state index is -1.31. The number of β-lactam (4-membered cyclic amide) rings is 1. The van der Waals surface area contributed by atoms with Crippen LogP contribution in [-0.2, 0) is 42.4 Å². The minimum absolute atomic E-state index is 0.146. The molecular formula is C49H41N7O5S3. The highest BCUT2D eigenvalue weighted by Crippen LogP contribution is 2.46. The number of carbonyl (C=O) groups excluding carboxylic acids is 3. The summed E-state index contributed by atoms with van der Waals surface area (Å²) >= 11 is 4.05. The number of hydrogen-bond acceptors (Lipinski definition) is 12. The Morgan fingerprint density at radius 2 is 1.41 bits per heavy atom. The van der Waals surface area contributed by atoms with Gasteiger partial charge >= 0.3 is 5.97 Å². The van der Waals surface area contributed by atoms with Crippen LogP contribution in [0.2, 0.25) is 0 Å². The number of nitrogens with zero attached hydrogens (tertiary/aromatic N) is 5. The van der Waals surface area contributed by atoms with E-state index in [0.29, 0.717) is 16.4 Å². The number of esters is 1. The molecule has 3 N–H and O–H groups in total. The van der Waals surface area contributed by atoms with Gasteiger partial charge in [-0.25, -0.2) is 9.78 Å². The smallest absolute Gasteiger partial charge is 0.356 e. The number of nitrogen functional groups attached to an aromatic ring is 1. The molecule has 0 spiro atoms. The summed E-state index contributed by atoms with van der Waals surface area (Å²) in [7, 11) is 1.84. The Labute approximate surface area is 382 Å². The molecule has 320 valence electrons. The molecule has 0 aliphatic carbocycles. The second-order valence-corrected chi connectivity index (χ2v) is 18.0. The lowest BCUT2D eigenvalue weighted by Crippen LogP contribution is -2.71. The van der Waals surface area contributed by atoms with E-state index in [1.165, 1.54) is 28.4 Å². The number of ether oxygens (including phenoxy) is 1. The SMILES string of the molecule is Cn1cc(CSC2=C(C(=O)OC(c3ccccc3)c3ccccc3)N3C(=O)[C@@H](NC(=O)/C(=N/OC(c4ccccc4)(c4ccccc4)c4ccccc4)c4csc(N)n4)[C@H]3SC2)cn1. The van der Waals surface area contributed by atoms with E-state index in [-0.39, 0.29) is 22.2 Å². The summed E-state index contributed by atoms with van der Waals surface area (Å²) in [6.45, 7) is 0. The van der Waals surface area contributed by atoms with E-state index in [2.05, 4.69) is 20.6 Å². The van der Waals surface area contributed by atoms with Crippen LogP contribution in [0.15, 0.2) is 185 Å². The molecule has 9 rings (SSSR count). The third kappa shape index (κ3) is 8.57. The number of nitrogens with one attached hydrogen (secondary N) is 1. The predicted octanol–water partition coefficient (Wildman–Crippen LogP) is 8.05. The Morgan fingerprint density at radius 1 is 0.859 bits per heavy atom. The maximum atomic E-state index is 14.6. The molecule has 2 amide bonds. The van der Waals surface area contributed by atoms with Crippen molar-refractivity contribution in [3.05, 3.63) is 219 Å². The third-order valence-corrected chi connectivity index (χ3v) is 14.1. The van der Waals surface area contributed by atoms with Gasteiger partial charge in [-0.3, -0.25) is 19.2 Å². The Morgan fingerprint density at radius 3 is 1.91 bits per heavy atom. The molecule has 2 aromatic heterocycles. The largest absolute Gasteiger partial charge is 0.448 e. The molecule has 4 heterocycles. The van der Waals surface area contributed by atoms with Gasteiger partial charge in [0.15, 0.2) is 16.9 Å². The number of oxime groups is 1. The molecule has 12 nitrogen and oxygen atoms in total.